The van der Waals surface area contributed by atoms with E-state index in [2.05, 4.69) is 52.1 Å². The lowest BCUT2D eigenvalue weighted by molar-refractivity contribution is 0.449. The number of nitrogens with one attached hydrogen (secondary N) is 1. The Morgan fingerprint density at radius 1 is 1.10 bits per heavy atom. The number of aromatic nitrogens is 3. The summed E-state index contributed by atoms with van der Waals surface area (Å²) in [7, 11) is 0. The Labute approximate surface area is 127 Å². The number of pyridine rings is 1. The van der Waals surface area contributed by atoms with Crippen LogP contribution in [0.2, 0.25) is 0 Å². The van der Waals surface area contributed by atoms with E-state index in [-0.39, 0.29) is 0 Å². The van der Waals surface area contributed by atoms with Gasteiger partial charge in [-0.15, -0.1) is 0 Å². The summed E-state index contributed by atoms with van der Waals surface area (Å²) in [6, 6.07) is 6.71. The van der Waals surface area contributed by atoms with Gasteiger partial charge in [0.05, 0.1) is 5.69 Å². The van der Waals surface area contributed by atoms with Crippen LogP contribution in [0.15, 0.2) is 36.8 Å². The first-order valence-corrected chi connectivity index (χ1v) is 7.99. The predicted molar refractivity (Wildman–Crippen MR) is 86.1 cm³/mol. The lowest BCUT2D eigenvalue weighted by Gasteiger charge is -2.20. The first-order chi connectivity index (χ1) is 10.3. The Bertz CT molecular complexity index is 507. The van der Waals surface area contributed by atoms with Crippen molar-refractivity contribution in [1.29, 1.82) is 0 Å². The van der Waals surface area contributed by atoms with Crippen molar-refractivity contribution in [3.05, 3.63) is 48.0 Å². The molecule has 0 aliphatic heterocycles. The second-order valence-corrected chi connectivity index (χ2v) is 5.38. The van der Waals surface area contributed by atoms with Gasteiger partial charge in [0, 0.05) is 31.2 Å². The van der Waals surface area contributed by atoms with Crippen LogP contribution >= 0.6 is 0 Å². The Morgan fingerprint density at radius 3 is 2.62 bits per heavy atom. The molecule has 0 spiro atoms. The minimum Gasteiger partial charge on any atom is -0.309 e. The van der Waals surface area contributed by atoms with E-state index in [4.69, 9.17) is 0 Å². The van der Waals surface area contributed by atoms with Gasteiger partial charge in [0.2, 0.25) is 0 Å². The number of rotatable bonds is 9. The Kier molecular flexibility index (Phi) is 6.41. The van der Waals surface area contributed by atoms with E-state index >= 15 is 0 Å². The summed E-state index contributed by atoms with van der Waals surface area (Å²) in [6.07, 6.45) is 10.0. The van der Waals surface area contributed by atoms with Crippen molar-refractivity contribution in [1.82, 2.24) is 20.1 Å². The van der Waals surface area contributed by atoms with Crippen LogP contribution in [0.5, 0.6) is 0 Å². The molecule has 1 atom stereocenters. The zero-order valence-electron chi connectivity index (χ0n) is 13.1. The van der Waals surface area contributed by atoms with Crippen LogP contribution in [0.4, 0.5) is 0 Å². The predicted octanol–water partition coefficient (Wildman–Crippen LogP) is 3.36. The number of aryl methyl sites for hydroxylation is 2. The zero-order chi connectivity index (χ0) is 14.9. The molecule has 0 amide bonds. The van der Waals surface area contributed by atoms with Crippen molar-refractivity contribution in [2.45, 2.75) is 52.1 Å². The lowest BCUT2D eigenvalue weighted by Crippen LogP contribution is -2.25. The van der Waals surface area contributed by atoms with E-state index in [9.17, 15) is 0 Å². The average molecular weight is 286 g/mol. The molecule has 0 saturated heterocycles. The highest BCUT2D eigenvalue weighted by atomic mass is 15.3. The normalized spacial score (nSPS) is 12.5. The van der Waals surface area contributed by atoms with Crippen molar-refractivity contribution in [3.63, 3.8) is 0 Å². The summed E-state index contributed by atoms with van der Waals surface area (Å²) >= 11 is 0. The summed E-state index contributed by atoms with van der Waals surface area (Å²) in [4.78, 5) is 4.08. The van der Waals surface area contributed by atoms with Crippen molar-refractivity contribution in [2.24, 2.45) is 0 Å². The molecule has 0 fully saturated rings. The Balaban J connectivity index is 2.04. The van der Waals surface area contributed by atoms with Crippen molar-refractivity contribution in [3.8, 4) is 0 Å². The summed E-state index contributed by atoms with van der Waals surface area (Å²) in [5, 5.41) is 8.12. The second-order valence-electron chi connectivity index (χ2n) is 5.38. The molecule has 2 heterocycles. The molecule has 114 valence electrons. The minimum absolute atomic E-state index is 0.368. The highest BCUT2D eigenvalue weighted by Crippen LogP contribution is 2.19. The van der Waals surface area contributed by atoms with E-state index < -0.39 is 0 Å². The van der Waals surface area contributed by atoms with Crippen LogP contribution in [0.3, 0.4) is 0 Å². The van der Waals surface area contributed by atoms with Crippen molar-refractivity contribution >= 4 is 0 Å². The minimum atomic E-state index is 0.368. The van der Waals surface area contributed by atoms with Crippen LogP contribution in [-0.2, 0) is 13.0 Å². The first kappa shape index (κ1) is 15.7. The van der Waals surface area contributed by atoms with Gasteiger partial charge in [-0.05, 0) is 56.0 Å². The topological polar surface area (TPSA) is 42.7 Å². The lowest BCUT2D eigenvalue weighted by atomic mass is 10.0. The summed E-state index contributed by atoms with van der Waals surface area (Å²) in [6.45, 7) is 6.42. The van der Waals surface area contributed by atoms with Crippen LogP contribution in [0, 0.1) is 0 Å². The number of nitrogens with zero attached hydrogens (tertiary/aromatic N) is 3. The molecule has 0 radical (unpaired) electrons. The molecular formula is C17H26N4. The number of hydrogen-bond acceptors (Lipinski definition) is 3. The molecule has 0 bridgehead atoms. The van der Waals surface area contributed by atoms with Gasteiger partial charge in [-0.3, -0.25) is 9.67 Å². The fraction of sp³-hybridized carbons (Fsp3) is 0.529. The van der Waals surface area contributed by atoms with Gasteiger partial charge in [0.15, 0.2) is 0 Å². The SMILES string of the molecule is CCCNC(CCc1ccncc1)c1ccnn1CCC. The Morgan fingerprint density at radius 2 is 1.90 bits per heavy atom. The molecule has 0 saturated carbocycles. The smallest absolute Gasteiger partial charge is 0.0553 e. The molecule has 0 aromatic carbocycles. The van der Waals surface area contributed by atoms with E-state index in [0.717, 1.165) is 38.8 Å². The van der Waals surface area contributed by atoms with Gasteiger partial charge in [-0.25, -0.2) is 0 Å². The van der Waals surface area contributed by atoms with Gasteiger partial charge in [0.1, 0.15) is 0 Å². The summed E-state index contributed by atoms with van der Waals surface area (Å²) < 4.78 is 2.14. The molecule has 2 aromatic rings. The van der Waals surface area contributed by atoms with Gasteiger partial charge in [0.25, 0.3) is 0 Å². The third-order valence-corrected chi connectivity index (χ3v) is 3.65. The van der Waals surface area contributed by atoms with E-state index in [1.165, 1.54) is 11.3 Å². The van der Waals surface area contributed by atoms with E-state index in [1.807, 2.05) is 18.6 Å². The summed E-state index contributed by atoms with van der Waals surface area (Å²) in [5.74, 6) is 0. The molecule has 4 heteroatoms. The third-order valence-electron chi connectivity index (χ3n) is 3.65. The maximum Gasteiger partial charge on any atom is 0.0553 e. The molecule has 2 aromatic heterocycles. The van der Waals surface area contributed by atoms with Gasteiger partial charge in [-0.1, -0.05) is 13.8 Å². The van der Waals surface area contributed by atoms with E-state index in [1.54, 1.807) is 0 Å². The first-order valence-electron chi connectivity index (χ1n) is 7.99. The third kappa shape index (κ3) is 4.67. The number of hydrogen-bond donors (Lipinski definition) is 1. The largest absolute Gasteiger partial charge is 0.309 e. The standard InChI is InChI=1S/C17H26N4/c1-3-10-19-16(6-5-15-7-11-18-12-8-15)17-9-13-20-21(17)14-4-2/h7-9,11-13,16,19H,3-6,10,14H2,1-2H3. The zero-order valence-corrected chi connectivity index (χ0v) is 13.1. The maximum atomic E-state index is 4.46. The summed E-state index contributed by atoms with van der Waals surface area (Å²) in [5.41, 5.74) is 2.65. The average Bonchev–Trinajstić information content (AvgIpc) is 2.97. The molecule has 1 N–H and O–H groups in total. The van der Waals surface area contributed by atoms with Gasteiger partial charge >= 0.3 is 0 Å². The van der Waals surface area contributed by atoms with Crippen LogP contribution in [-0.4, -0.2) is 21.3 Å². The fourth-order valence-corrected chi connectivity index (χ4v) is 2.57. The quantitative estimate of drug-likeness (QED) is 0.768. The fourth-order valence-electron chi connectivity index (χ4n) is 2.57. The van der Waals surface area contributed by atoms with Crippen molar-refractivity contribution in [2.75, 3.05) is 6.54 Å². The molecule has 2 rings (SSSR count). The van der Waals surface area contributed by atoms with Crippen molar-refractivity contribution < 1.29 is 0 Å². The molecule has 0 aliphatic rings. The van der Waals surface area contributed by atoms with Crippen LogP contribution in [0.25, 0.3) is 0 Å². The second kappa shape index (κ2) is 8.57. The highest BCUT2D eigenvalue weighted by molar-refractivity contribution is 5.12. The van der Waals surface area contributed by atoms with Gasteiger partial charge < -0.3 is 5.32 Å². The van der Waals surface area contributed by atoms with Crippen LogP contribution in [0.1, 0.15) is 50.4 Å². The van der Waals surface area contributed by atoms with E-state index in [0.29, 0.717) is 6.04 Å². The molecular weight excluding hydrogens is 260 g/mol. The Hall–Kier alpha value is -1.68. The van der Waals surface area contributed by atoms with Crippen LogP contribution < -0.4 is 5.32 Å². The monoisotopic (exact) mass is 286 g/mol. The maximum absolute atomic E-state index is 4.46. The molecule has 0 aliphatic carbocycles. The highest BCUT2D eigenvalue weighted by Gasteiger charge is 2.15. The molecule has 1 unspecified atom stereocenters. The molecule has 21 heavy (non-hydrogen) atoms. The molecule has 4 nitrogen and oxygen atoms in total. The van der Waals surface area contributed by atoms with Gasteiger partial charge in [-0.2, -0.15) is 5.10 Å².